The quantitative estimate of drug-likeness (QED) is 0.698. The monoisotopic (exact) mass is 367 g/mol. The molecule has 3 rings (SSSR count). The SMILES string of the molecule is Cc1cc(C)n(CCC(=O)NCCc2nc3cc(C)c(C)cc3[nH]2)c(=O)n1. The van der Waals surface area contributed by atoms with Gasteiger partial charge in [0.2, 0.25) is 5.91 Å². The number of H-pyrrole nitrogens is 1. The molecule has 7 nitrogen and oxygen atoms in total. The molecule has 0 radical (unpaired) electrons. The van der Waals surface area contributed by atoms with Gasteiger partial charge in [-0.05, 0) is 57.0 Å². The second-order valence-corrected chi connectivity index (χ2v) is 6.96. The summed E-state index contributed by atoms with van der Waals surface area (Å²) in [6.45, 7) is 8.60. The van der Waals surface area contributed by atoms with E-state index in [1.54, 1.807) is 6.92 Å². The van der Waals surface area contributed by atoms with Gasteiger partial charge in [-0.3, -0.25) is 9.36 Å². The van der Waals surface area contributed by atoms with Gasteiger partial charge in [0, 0.05) is 37.3 Å². The highest BCUT2D eigenvalue weighted by Gasteiger charge is 2.08. The number of carbonyl (C=O) groups excluding carboxylic acids is 1. The highest BCUT2D eigenvalue weighted by Crippen LogP contribution is 2.17. The lowest BCUT2D eigenvalue weighted by Crippen LogP contribution is -2.30. The molecule has 0 fully saturated rings. The number of nitrogens with zero attached hydrogens (tertiary/aromatic N) is 3. The van der Waals surface area contributed by atoms with Gasteiger partial charge in [-0.1, -0.05) is 0 Å². The van der Waals surface area contributed by atoms with Crippen LogP contribution >= 0.6 is 0 Å². The van der Waals surface area contributed by atoms with Crippen molar-refractivity contribution >= 4 is 16.9 Å². The average molecular weight is 367 g/mol. The van der Waals surface area contributed by atoms with Crippen LogP contribution in [0, 0.1) is 27.7 Å². The first kappa shape index (κ1) is 18.8. The van der Waals surface area contributed by atoms with E-state index in [0.29, 0.717) is 25.2 Å². The van der Waals surface area contributed by atoms with Crippen molar-refractivity contribution in [1.29, 1.82) is 0 Å². The van der Waals surface area contributed by atoms with Crippen LogP contribution in [-0.4, -0.2) is 32.0 Å². The molecule has 1 amide bonds. The van der Waals surface area contributed by atoms with E-state index >= 15 is 0 Å². The second kappa shape index (κ2) is 7.73. The van der Waals surface area contributed by atoms with Gasteiger partial charge in [-0.25, -0.2) is 9.78 Å². The van der Waals surface area contributed by atoms with Gasteiger partial charge in [0.15, 0.2) is 0 Å². The molecule has 1 aromatic carbocycles. The number of rotatable bonds is 6. The molecular weight excluding hydrogens is 342 g/mol. The minimum absolute atomic E-state index is 0.0929. The van der Waals surface area contributed by atoms with E-state index in [2.05, 4.69) is 46.2 Å². The first-order valence-electron chi connectivity index (χ1n) is 9.11. The molecule has 0 unspecified atom stereocenters. The maximum absolute atomic E-state index is 12.1. The van der Waals surface area contributed by atoms with Gasteiger partial charge in [-0.15, -0.1) is 0 Å². The van der Waals surface area contributed by atoms with Crippen LogP contribution in [-0.2, 0) is 17.8 Å². The van der Waals surface area contributed by atoms with E-state index in [1.165, 1.54) is 15.7 Å². The average Bonchev–Trinajstić information content (AvgIpc) is 2.95. The van der Waals surface area contributed by atoms with Gasteiger partial charge in [-0.2, -0.15) is 4.98 Å². The molecule has 0 saturated carbocycles. The summed E-state index contributed by atoms with van der Waals surface area (Å²) in [6, 6.07) is 6.00. The fourth-order valence-electron chi connectivity index (χ4n) is 3.11. The number of hydrogen-bond donors (Lipinski definition) is 2. The lowest BCUT2D eigenvalue weighted by Gasteiger charge is -2.09. The van der Waals surface area contributed by atoms with E-state index in [-0.39, 0.29) is 18.0 Å². The number of carbonyl (C=O) groups is 1. The Morgan fingerprint density at radius 3 is 2.59 bits per heavy atom. The summed E-state index contributed by atoms with van der Waals surface area (Å²) >= 11 is 0. The van der Waals surface area contributed by atoms with Crippen LogP contribution in [0.5, 0.6) is 0 Å². The fourth-order valence-corrected chi connectivity index (χ4v) is 3.11. The van der Waals surface area contributed by atoms with Gasteiger partial charge in [0.1, 0.15) is 5.82 Å². The number of fused-ring (bicyclic) bond motifs is 1. The molecule has 3 aromatic rings. The van der Waals surface area contributed by atoms with Crippen molar-refractivity contribution in [3.63, 3.8) is 0 Å². The highest BCUT2D eigenvalue weighted by molar-refractivity contribution is 5.77. The normalized spacial score (nSPS) is 11.1. The summed E-state index contributed by atoms with van der Waals surface area (Å²) in [6.07, 6.45) is 0.869. The Hall–Kier alpha value is -2.96. The van der Waals surface area contributed by atoms with Gasteiger partial charge < -0.3 is 10.3 Å². The van der Waals surface area contributed by atoms with Crippen LogP contribution < -0.4 is 11.0 Å². The minimum atomic E-state index is -0.312. The maximum Gasteiger partial charge on any atom is 0.347 e. The Morgan fingerprint density at radius 2 is 1.85 bits per heavy atom. The lowest BCUT2D eigenvalue weighted by atomic mass is 10.1. The number of benzene rings is 1. The molecule has 2 heterocycles. The molecule has 142 valence electrons. The predicted octanol–water partition coefficient (Wildman–Crippen LogP) is 2.10. The van der Waals surface area contributed by atoms with Crippen molar-refractivity contribution < 1.29 is 4.79 Å². The zero-order valence-electron chi connectivity index (χ0n) is 16.2. The Labute approximate surface area is 157 Å². The van der Waals surface area contributed by atoms with Crippen molar-refractivity contribution in [3.05, 3.63) is 57.0 Å². The fraction of sp³-hybridized carbons (Fsp3) is 0.400. The summed E-state index contributed by atoms with van der Waals surface area (Å²) in [7, 11) is 0. The molecule has 0 bridgehead atoms. The van der Waals surface area contributed by atoms with E-state index in [4.69, 9.17) is 0 Å². The van der Waals surface area contributed by atoms with Crippen LogP contribution in [0.4, 0.5) is 0 Å². The maximum atomic E-state index is 12.1. The number of aryl methyl sites for hydroxylation is 4. The number of aromatic nitrogens is 4. The predicted molar refractivity (Wildman–Crippen MR) is 105 cm³/mol. The number of nitrogens with one attached hydrogen (secondary N) is 2. The molecule has 0 aliphatic rings. The molecule has 0 aliphatic carbocycles. The zero-order chi connectivity index (χ0) is 19.6. The molecule has 2 N–H and O–H groups in total. The van der Waals surface area contributed by atoms with Gasteiger partial charge in [0.05, 0.1) is 11.0 Å². The van der Waals surface area contributed by atoms with Gasteiger partial charge >= 0.3 is 5.69 Å². The Morgan fingerprint density at radius 1 is 1.11 bits per heavy atom. The summed E-state index contributed by atoms with van der Waals surface area (Å²) in [5.74, 6) is 0.759. The largest absolute Gasteiger partial charge is 0.356 e. The Balaban J connectivity index is 1.52. The Kier molecular flexibility index (Phi) is 5.39. The van der Waals surface area contributed by atoms with E-state index in [9.17, 15) is 9.59 Å². The van der Waals surface area contributed by atoms with E-state index < -0.39 is 0 Å². The molecule has 0 saturated heterocycles. The highest BCUT2D eigenvalue weighted by atomic mass is 16.2. The van der Waals surface area contributed by atoms with E-state index in [0.717, 1.165) is 22.6 Å². The molecule has 0 atom stereocenters. The van der Waals surface area contributed by atoms with Crippen LogP contribution in [0.15, 0.2) is 23.0 Å². The van der Waals surface area contributed by atoms with Gasteiger partial charge in [0.25, 0.3) is 0 Å². The molecular formula is C20H25N5O2. The molecule has 0 spiro atoms. The smallest absolute Gasteiger partial charge is 0.347 e. The van der Waals surface area contributed by atoms with Crippen LogP contribution in [0.3, 0.4) is 0 Å². The van der Waals surface area contributed by atoms with Crippen molar-refractivity contribution in [2.75, 3.05) is 6.54 Å². The van der Waals surface area contributed by atoms with Crippen LogP contribution in [0.25, 0.3) is 11.0 Å². The van der Waals surface area contributed by atoms with Crippen molar-refractivity contribution in [3.8, 4) is 0 Å². The topological polar surface area (TPSA) is 92.7 Å². The minimum Gasteiger partial charge on any atom is -0.356 e. The molecule has 2 aromatic heterocycles. The van der Waals surface area contributed by atoms with Crippen molar-refractivity contribution in [1.82, 2.24) is 24.8 Å². The third kappa shape index (κ3) is 4.42. The number of amides is 1. The third-order valence-corrected chi connectivity index (χ3v) is 4.74. The number of hydrogen-bond acceptors (Lipinski definition) is 4. The third-order valence-electron chi connectivity index (χ3n) is 4.74. The van der Waals surface area contributed by atoms with Crippen molar-refractivity contribution in [2.24, 2.45) is 0 Å². The van der Waals surface area contributed by atoms with Crippen molar-refractivity contribution in [2.45, 2.75) is 47.1 Å². The number of imidazole rings is 1. The zero-order valence-corrected chi connectivity index (χ0v) is 16.2. The lowest BCUT2D eigenvalue weighted by molar-refractivity contribution is -0.121. The van der Waals surface area contributed by atoms with Crippen LogP contribution in [0.1, 0.15) is 34.8 Å². The molecule has 27 heavy (non-hydrogen) atoms. The van der Waals surface area contributed by atoms with Crippen LogP contribution in [0.2, 0.25) is 0 Å². The summed E-state index contributed by atoms with van der Waals surface area (Å²) in [5.41, 5.74) is 5.59. The Bertz CT molecular complexity index is 1010. The first-order valence-corrected chi connectivity index (χ1v) is 9.11. The molecule has 7 heteroatoms. The molecule has 0 aliphatic heterocycles. The summed E-state index contributed by atoms with van der Waals surface area (Å²) in [4.78, 5) is 35.8. The first-order chi connectivity index (χ1) is 12.8. The van der Waals surface area contributed by atoms with E-state index in [1.807, 2.05) is 13.0 Å². The second-order valence-electron chi connectivity index (χ2n) is 6.96. The number of aromatic amines is 1. The summed E-state index contributed by atoms with van der Waals surface area (Å²) in [5, 5.41) is 2.88. The summed E-state index contributed by atoms with van der Waals surface area (Å²) < 4.78 is 1.52. The standard InChI is InChI=1S/C20H25N5O2/c1-12-9-16-17(10-13(12)2)24-18(23-16)5-7-21-19(26)6-8-25-15(4)11-14(3)22-20(25)27/h9-11H,5-8H2,1-4H3,(H,21,26)(H,23,24).